The second-order valence-electron chi connectivity index (χ2n) is 5.69. The van der Waals surface area contributed by atoms with E-state index in [4.69, 9.17) is 63.1 Å². The van der Waals surface area contributed by atoms with Gasteiger partial charge in [0.1, 0.15) is 17.2 Å². The molecule has 0 saturated heterocycles. The van der Waals surface area contributed by atoms with E-state index in [-0.39, 0.29) is 22.3 Å². The van der Waals surface area contributed by atoms with E-state index in [1.54, 1.807) is 24.3 Å². The number of phenolic OH excluding ortho intramolecular Hbond substituents is 3. The first-order valence-electron chi connectivity index (χ1n) is 7.66. The van der Waals surface area contributed by atoms with E-state index < -0.39 is 0 Å². The van der Waals surface area contributed by atoms with Crippen molar-refractivity contribution in [3.8, 4) is 17.2 Å². The molecule has 0 fully saturated rings. The van der Waals surface area contributed by atoms with Gasteiger partial charge in [-0.25, -0.2) is 0 Å². The molecule has 0 spiro atoms. The normalized spacial score (nSPS) is 10.4. The largest absolute Gasteiger partial charge is 0.506 e. The second-order valence-corrected chi connectivity index (χ2v) is 9.49. The van der Waals surface area contributed by atoms with Crippen LogP contribution in [-0.2, 0) is 6.42 Å². The van der Waals surface area contributed by atoms with Crippen molar-refractivity contribution in [2.45, 2.75) is 6.42 Å². The van der Waals surface area contributed by atoms with Crippen LogP contribution in [0.5, 0.6) is 17.2 Å². The second kappa shape index (κ2) is 10.7. The zero-order valence-electron chi connectivity index (χ0n) is 14.2. The van der Waals surface area contributed by atoms with Crippen molar-refractivity contribution < 1.29 is 15.3 Å². The number of aromatic hydroxyl groups is 3. The number of benzene rings is 3. The molecule has 3 aromatic rings. The summed E-state index contributed by atoms with van der Waals surface area (Å²) in [4.78, 5) is 0. The van der Waals surface area contributed by atoms with E-state index >= 15 is 0 Å². The van der Waals surface area contributed by atoms with Crippen LogP contribution in [0, 0.1) is 0 Å². The minimum absolute atomic E-state index is 0.0592. The monoisotopic (exact) mass is 620 g/mol. The third-order valence-corrected chi connectivity index (χ3v) is 6.26. The predicted octanol–water partition coefficient (Wildman–Crippen LogP) is 8.87. The van der Waals surface area contributed by atoms with Crippen molar-refractivity contribution in [2.75, 3.05) is 0 Å². The van der Waals surface area contributed by atoms with Gasteiger partial charge in [-0.3, -0.25) is 0 Å². The van der Waals surface area contributed by atoms with Gasteiger partial charge in [0.05, 0.1) is 24.0 Å². The topological polar surface area (TPSA) is 60.7 Å². The highest BCUT2D eigenvalue weighted by Crippen LogP contribution is 2.37. The van der Waals surface area contributed by atoms with Gasteiger partial charge in [0.15, 0.2) is 0 Å². The Hall–Kier alpha value is -0.530. The van der Waals surface area contributed by atoms with E-state index in [1.807, 2.05) is 0 Å². The Labute approximate surface area is 209 Å². The van der Waals surface area contributed by atoms with Gasteiger partial charge < -0.3 is 15.3 Å². The Balaban J connectivity index is 0.000000253. The lowest BCUT2D eigenvalue weighted by atomic mass is 10.0. The van der Waals surface area contributed by atoms with Crippen LogP contribution in [-0.4, -0.2) is 15.3 Å². The van der Waals surface area contributed by atoms with Crippen LogP contribution in [0.4, 0.5) is 0 Å². The van der Waals surface area contributed by atoms with Crippen molar-refractivity contribution in [1.82, 2.24) is 0 Å². The number of hydrogen-bond donors (Lipinski definition) is 3. The molecule has 0 heterocycles. The number of phenols is 3. The average molecular weight is 624 g/mol. The molecule has 154 valence electrons. The van der Waals surface area contributed by atoms with Crippen LogP contribution >= 0.6 is 89.9 Å². The van der Waals surface area contributed by atoms with Crippen molar-refractivity contribution in [3.63, 3.8) is 0 Å². The Morgan fingerprint density at radius 3 is 1.41 bits per heavy atom. The summed E-state index contributed by atoms with van der Waals surface area (Å²) in [6, 6.07) is 9.20. The van der Waals surface area contributed by atoms with Crippen molar-refractivity contribution in [2.24, 2.45) is 0 Å². The Kier molecular flexibility index (Phi) is 9.10. The van der Waals surface area contributed by atoms with Gasteiger partial charge in [0.25, 0.3) is 0 Å². The smallest absolute Gasteiger partial charge is 0.135 e. The van der Waals surface area contributed by atoms with E-state index in [0.717, 1.165) is 0 Å². The maximum Gasteiger partial charge on any atom is 0.135 e. The molecule has 10 heteroatoms. The summed E-state index contributed by atoms with van der Waals surface area (Å²) in [6.07, 6.45) is 0.315. The SMILES string of the molecule is Oc1c(Br)cc(Cl)cc1Cc1cc(Cl)cc(Br)c1O.Oc1cc(Cl)c(Cl)cc1Cl. The average Bonchev–Trinajstić information content (AvgIpc) is 2.62. The van der Waals surface area contributed by atoms with Gasteiger partial charge in [-0.05, 0) is 62.2 Å². The quantitative estimate of drug-likeness (QED) is 0.250. The Bertz CT molecular complexity index is 955. The molecule has 0 saturated carbocycles. The molecule has 0 amide bonds. The highest BCUT2D eigenvalue weighted by Gasteiger charge is 2.13. The van der Waals surface area contributed by atoms with Crippen molar-refractivity contribution in [1.29, 1.82) is 0 Å². The third-order valence-electron chi connectivity index (χ3n) is 3.58. The molecule has 0 aliphatic heterocycles. The molecule has 3 nitrogen and oxygen atoms in total. The fraction of sp³-hybridized carbons (Fsp3) is 0.0526. The number of halogens is 7. The maximum absolute atomic E-state index is 9.98. The van der Waals surface area contributed by atoms with Crippen LogP contribution in [0.2, 0.25) is 25.1 Å². The van der Waals surface area contributed by atoms with Crippen LogP contribution in [0.15, 0.2) is 45.3 Å². The Morgan fingerprint density at radius 2 is 1.00 bits per heavy atom. The Morgan fingerprint density at radius 1 is 0.586 bits per heavy atom. The molecule has 0 atom stereocenters. The van der Waals surface area contributed by atoms with E-state index in [2.05, 4.69) is 31.9 Å². The minimum Gasteiger partial charge on any atom is -0.506 e. The van der Waals surface area contributed by atoms with Gasteiger partial charge in [0, 0.05) is 33.7 Å². The van der Waals surface area contributed by atoms with Crippen LogP contribution in [0.3, 0.4) is 0 Å². The fourth-order valence-electron chi connectivity index (χ4n) is 2.23. The predicted molar refractivity (Wildman–Crippen MR) is 128 cm³/mol. The summed E-state index contributed by atoms with van der Waals surface area (Å²) >= 11 is 34.9. The van der Waals surface area contributed by atoms with Crippen LogP contribution in [0.1, 0.15) is 11.1 Å². The molecule has 0 aliphatic carbocycles. The first-order chi connectivity index (χ1) is 13.5. The van der Waals surface area contributed by atoms with Crippen LogP contribution < -0.4 is 0 Å². The number of hydrogen-bond acceptors (Lipinski definition) is 3. The lowest BCUT2D eigenvalue weighted by Gasteiger charge is -2.10. The summed E-state index contributed by atoms with van der Waals surface area (Å²) in [6.45, 7) is 0. The van der Waals surface area contributed by atoms with Crippen LogP contribution in [0.25, 0.3) is 0 Å². The summed E-state index contributed by atoms with van der Waals surface area (Å²) < 4.78 is 1.02. The maximum atomic E-state index is 9.98. The first kappa shape index (κ1) is 24.7. The fourth-order valence-corrected chi connectivity index (χ4v) is 4.51. The third kappa shape index (κ3) is 6.73. The highest BCUT2D eigenvalue weighted by molar-refractivity contribution is 9.10. The molecule has 3 aromatic carbocycles. The summed E-state index contributed by atoms with van der Waals surface area (Å²) in [5, 5.41) is 30.7. The lowest BCUT2D eigenvalue weighted by Crippen LogP contribution is -1.92. The highest BCUT2D eigenvalue weighted by atomic mass is 79.9. The molecular formula is C19H11Br2Cl5O3. The summed E-state index contributed by atoms with van der Waals surface area (Å²) in [7, 11) is 0. The zero-order chi connectivity index (χ0) is 21.9. The van der Waals surface area contributed by atoms with Gasteiger partial charge in [-0.1, -0.05) is 58.0 Å². The molecule has 0 radical (unpaired) electrons. The zero-order valence-corrected chi connectivity index (χ0v) is 21.1. The van der Waals surface area contributed by atoms with E-state index in [1.165, 1.54) is 12.1 Å². The molecule has 3 N–H and O–H groups in total. The van der Waals surface area contributed by atoms with Gasteiger partial charge in [-0.15, -0.1) is 0 Å². The lowest BCUT2D eigenvalue weighted by molar-refractivity contribution is 0.459. The summed E-state index contributed by atoms with van der Waals surface area (Å²) in [5.74, 6) is 0.135. The molecule has 29 heavy (non-hydrogen) atoms. The molecule has 0 unspecified atom stereocenters. The minimum atomic E-state index is -0.0592. The number of rotatable bonds is 2. The van der Waals surface area contributed by atoms with Crippen molar-refractivity contribution in [3.05, 3.63) is 81.6 Å². The van der Waals surface area contributed by atoms with Gasteiger partial charge in [-0.2, -0.15) is 0 Å². The summed E-state index contributed by atoms with van der Waals surface area (Å²) in [5.41, 5.74) is 1.20. The first-order valence-corrected chi connectivity index (χ1v) is 11.1. The molecule has 0 aromatic heterocycles. The van der Waals surface area contributed by atoms with E-state index in [9.17, 15) is 10.2 Å². The standard InChI is InChI=1S/C13H8Br2Cl2O2.C6H3Cl3O/c14-10-4-8(16)2-6(12(10)18)1-7-3-9(17)5-11(15)13(7)19;7-3-1-5(9)6(10)2-4(3)8/h2-5,18-19H,1H2;1-2,10H. The van der Waals surface area contributed by atoms with Gasteiger partial charge in [0.2, 0.25) is 0 Å². The van der Waals surface area contributed by atoms with Crippen molar-refractivity contribution >= 4 is 89.9 Å². The molecular weight excluding hydrogens is 613 g/mol. The molecule has 0 bridgehead atoms. The van der Waals surface area contributed by atoms with Gasteiger partial charge >= 0.3 is 0 Å². The molecule has 3 rings (SSSR count). The van der Waals surface area contributed by atoms with E-state index in [0.29, 0.717) is 46.6 Å². The molecule has 0 aliphatic rings.